The SMILES string of the molecule is CCCC/C=C\C[C@@H]1[C@@H](CC[C@@H](CCc2ccccc2)OP)[C@H](O)C[C@@H]1O. The fraction of sp³-hybridized carbons (Fsp3) is 0.652. The van der Waals surface area contributed by atoms with Gasteiger partial charge >= 0.3 is 0 Å². The Labute approximate surface area is 167 Å². The normalized spacial score (nSPS) is 26.7. The molecule has 1 saturated carbocycles. The number of rotatable bonds is 12. The van der Waals surface area contributed by atoms with Crippen molar-refractivity contribution in [3.63, 3.8) is 0 Å². The summed E-state index contributed by atoms with van der Waals surface area (Å²) in [6.45, 7) is 2.20. The zero-order valence-corrected chi connectivity index (χ0v) is 17.8. The van der Waals surface area contributed by atoms with E-state index in [4.69, 9.17) is 4.52 Å². The molecule has 0 bridgehead atoms. The van der Waals surface area contributed by atoms with Gasteiger partial charge in [-0.1, -0.05) is 62.2 Å². The molecular formula is C23H37O3P. The van der Waals surface area contributed by atoms with E-state index in [-0.39, 0.29) is 24.0 Å². The maximum absolute atomic E-state index is 10.4. The zero-order valence-electron chi connectivity index (χ0n) is 16.7. The van der Waals surface area contributed by atoms with Crippen LogP contribution in [0, 0.1) is 11.8 Å². The van der Waals surface area contributed by atoms with Gasteiger partial charge in [0.2, 0.25) is 0 Å². The number of hydrogen-bond donors (Lipinski definition) is 2. The van der Waals surface area contributed by atoms with Crippen LogP contribution in [0.5, 0.6) is 0 Å². The number of aliphatic hydroxyl groups excluding tert-OH is 2. The third-order valence-corrected chi connectivity index (χ3v) is 6.32. The summed E-state index contributed by atoms with van der Waals surface area (Å²) in [7, 11) is 2.40. The Kier molecular flexibility index (Phi) is 10.6. The minimum absolute atomic E-state index is 0.162. The Bertz CT molecular complexity index is 534. The third kappa shape index (κ3) is 7.66. The minimum Gasteiger partial charge on any atom is -0.393 e. The van der Waals surface area contributed by atoms with Gasteiger partial charge in [-0.05, 0) is 62.3 Å². The number of unbranched alkanes of at least 4 members (excludes halogenated alkanes) is 2. The molecule has 27 heavy (non-hydrogen) atoms. The lowest BCUT2D eigenvalue weighted by Crippen LogP contribution is -2.23. The van der Waals surface area contributed by atoms with Crippen LogP contribution in [0.25, 0.3) is 0 Å². The molecule has 1 aliphatic carbocycles. The average molecular weight is 393 g/mol. The van der Waals surface area contributed by atoms with Gasteiger partial charge in [0.05, 0.1) is 18.3 Å². The summed E-state index contributed by atoms with van der Waals surface area (Å²) >= 11 is 0. The van der Waals surface area contributed by atoms with Gasteiger partial charge in [-0.3, -0.25) is 0 Å². The minimum atomic E-state index is -0.395. The van der Waals surface area contributed by atoms with Crippen LogP contribution in [0.4, 0.5) is 0 Å². The number of benzene rings is 1. The van der Waals surface area contributed by atoms with E-state index in [2.05, 4.69) is 52.8 Å². The van der Waals surface area contributed by atoms with E-state index < -0.39 is 6.10 Å². The molecule has 0 spiro atoms. The van der Waals surface area contributed by atoms with Gasteiger partial charge in [0.25, 0.3) is 0 Å². The monoisotopic (exact) mass is 392 g/mol. The molecule has 2 N–H and O–H groups in total. The van der Waals surface area contributed by atoms with Crippen molar-refractivity contribution in [1.29, 1.82) is 0 Å². The van der Waals surface area contributed by atoms with E-state index in [1.54, 1.807) is 0 Å². The first-order chi connectivity index (χ1) is 13.2. The van der Waals surface area contributed by atoms with Crippen LogP contribution in [-0.4, -0.2) is 28.5 Å². The third-order valence-electron chi connectivity index (χ3n) is 5.93. The van der Waals surface area contributed by atoms with E-state index in [1.807, 2.05) is 6.07 Å². The molecule has 2 rings (SSSR count). The quantitative estimate of drug-likeness (QED) is 0.297. The van der Waals surface area contributed by atoms with E-state index in [9.17, 15) is 10.2 Å². The Morgan fingerprint density at radius 2 is 1.85 bits per heavy atom. The van der Waals surface area contributed by atoms with Crippen LogP contribution in [0.2, 0.25) is 0 Å². The molecule has 0 heterocycles. The fourth-order valence-corrected chi connectivity index (χ4v) is 4.50. The first-order valence-corrected chi connectivity index (χ1v) is 11.0. The molecule has 152 valence electrons. The second kappa shape index (κ2) is 12.7. The van der Waals surface area contributed by atoms with Gasteiger partial charge in [0.1, 0.15) is 0 Å². The van der Waals surface area contributed by atoms with Crippen molar-refractivity contribution in [2.45, 2.75) is 83.0 Å². The summed E-state index contributed by atoms with van der Waals surface area (Å²) in [4.78, 5) is 0. The van der Waals surface area contributed by atoms with Gasteiger partial charge in [-0.15, -0.1) is 0 Å². The highest BCUT2D eigenvalue weighted by molar-refractivity contribution is 7.09. The molecule has 1 aromatic rings. The van der Waals surface area contributed by atoms with Crippen molar-refractivity contribution in [3.8, 4) is 0 Å². The molecule has 1 aliphatic rings. The number of allylic oxidation sites excluding steroid dienone is 2. The van der Waals surface area contributed by atoms with E-state index in [1.165, 1.54) is 18.4 Å². The zero-order chi connectivity index (χ0) is 19.5. The average Bonchev–Trinajstić information content (AvgIpc) is 2.95. The molecule has 1 fully saturated rings. The van der Waals surface area contributed by atoms with Crippen molar-refractivity contribution in [1.82, 2.24) is 0 Å². The molecular weight excluding hydrogens is 355 g/mol. The molecule has 0 aliphatic heterocycles. The lowest BCUT2D eigenvalue weighted by molar-refractivity contribution is 0.0956. The largest absolute Gasteiger partial charge is 0.393 e. The predicted molar refractivity (Wildman–Crippen MR) is 115 cm³/mol. The highest BCUT2D eigenvalue weighted by Crippen LogP contribution is 2.38. The summed E-state index contributed by atoms with van der Waals surface area (Å²) in [5, 5.41) is 20.8. The van der Waals surface area contributed by atoms with Gasteiger partial charge in [0, 0.05) is 9.47 Å². The first-order valence-electron chi connectivity index (χ1n) is 10.6. The van der Waals surface area contributed by atoms with E-state index >= 15 is 0 Å². The summed E-state index contributed by atoms with van der Waals surface area (Å²) in [5.74, 6) is 0.326. The molecule has 0 radical (unpaired) electrons. The predicted octanol–water partition coefficient (Wildman–Crippen LogP) is 5.07. The van der Waals surface area contributed by atoms with Crippen LogP contribution in [-0.2, 0) is 10.9 Å². The number of hydrogen-bond acceptors (Lipinski definition) is 3. The molecule has 4 heteroatoms. The Morgan fingerprint density at radius 3 is 2.56 bits per heavy atom. The standard InChI is InChI=1S/C23H37O3P/c1-2-3-4-5-9-12-20-21(23(25)17-22(20)24)16-15-19(26-27)14-13-18-10-7-6-8-11-18/h5-11,19-25H,2-4,12-17,27H2,1H3/b9-5-/t19-,20-,21-,22+,23-/m1/s1. The Hall–Kier alpha value is -0.730. The number of aryl methyl sites for hydroxylation is 1. The highest BCUT2D eigenvalue weighted by atomic mass is 31.0. The van der Waals surface area contributed by atoms with Gasteiger partial charge in [0.15, 0.2) is 0 Å². The van der Waals surface area contributed by atoms with Crippen LogP contribution in [0.3, 0.4) is 0 Å². The Balaban J connectivity index is 1.81. The smallest absolute Gasteiger partial charge is 0.0614 e. The molecule has 1 unspecified atom stereocenters. The Morgan fingerprint density at radius 1 is 1.11 bits per heavy atom. The summed E-state index contributed by atoms with van der Waals surface area (Å²) in [6.07, 6.45) is 12.5. The topological polar surface area (TPSA) is 49.7 Å². The molecule has 0 aromatic heterocycles. The van der Waals surface area contributed by atoms with Gasteiger partial charge in [-0.2, -0.15) is 0 Å². The van der Waals surface area contributed by atoms with Crippen LogP contribution in [0.1, 0.15) is 63.9 Å². The lowest BCUT2D eigenvalue weighted by Gasteiger charge is -2.24. The molecule has 3 nitrogen and oxygen atoms in total. The summed E-state index contributed by atoms with van der Waals surface area (Å²) in [6, 6.07) is 10.5. The van der Waals surface area contributed by atoms with Crippen molar-refractivity contribution in [2.75, 3.05) is 0 Å². The summed E-state index contributed by atoms with van der Waals surface area (Å²) in [5.41, 5.74) is 1.33. The van der Waals surface area contributed by atoms with Crippen LogP contribution in [0.15, 0.2) is 42.5 Å². The molecule has 0 saturated heterocycles. The fourth-order valence-electron chi connectivity index (χ4n) is 4.23. The van der Waals surface area contributed by atoms with Crippen molar-refractivity contribution in [3.05, 3.63) is 48.0 Å². The maximum atomic E-state index is 10.4. The molecule has 1 aromatic carbocycles. The molecule has 0 amide bonds. The van der Waals surface area contributed by atoms with Crippen LogP contribution >= 0.6 is 9.47 Å². The second-order valence-electron chi connectivity index (χ2n) is 7.91. The first kappa shape index (κ1) is 22.6. The van der Waals surface area contributed by atoms with E-state index in [0.717, 1.165) is 38.5 Å². The highest BCUT2D eigenvalue weighted by Gasteiger charge is 2.40. The van der Waals surface area contributed by atoms with Gasteiger partial charge in [-0.25, -0.2) is 0 Å². The lowest BCUT2D eigenvalue weighted by atomic mass is 9.85. The molecule has 6 atom stereocenters. The van der Waals surface area contributed by atoms with Crippen molar-refractivity contribution < 1.29 is 14.7 Å². The van der Waals surface area contributed by atoms with E-state index in [0.29, 0.717) is 6.42 Å². The van der Waals surface area contributed by atoms with Crippen molar-refractivity contribution >= 4 is 9.47 Å². The maximum Gasteiger partial charge on any atom is 0.0614 e. The second-order valence-corrected chi connectivity index (χ2v) is 8.18. The van der Waals surface area contributed by atoms with Crippen molar-refractivity contribution in [2.24, 2.45) is 11.8 Å². The number of aliphatic hydroxyl groups is 2. The van der Waals surface area contributed by atoms with Crippen LogP contribution < -0.4 is 0 Å². The van der Waals surface area contributed by atoms with Gasteiger partial charge < -0.3 is 14.7 Å². The summed E-state index contributed by atoms with van der Waals surface area (Å²) < 4.78 is 5.61.